The number of hydrogen-bond acceptors (Lipinski definition) is 5. The Morgan fingerprint density at radius 1 is 1.12 bits per heavy atom. The topological polar surface area (TPSA) is 76.1 Å². The minimum Gasteiger partial charge on any atom is -0.491 e. The zero-order valence-corrected chi connectivity index (χ0v) is 15.4. The van der Waals surface area contributed by atoms with Crippen molar-refractivity contribution >= 4 is 17.4 Å². The number of amides is 1. The number of hydrogen-bond donors (Lipinski definition) is 2. The lowest BCUT2D eigenvalue weighted by atomic mass is 9.95. The third-order valence-corrected chi connectivity index (χ3v) is 4.34. The fraction of sp³-hybridized carbons (Fsp3) is 0.450. The molecule has 1 fully saturated rings. The highest BCUT2D eigenvalue weighted by molar-refractivity contribution is 6.03. The van der Waals surface area contributed by atoms with Crippen molar-refractivity contribution in [3.05, 3.63) is 42.4 Å². The molecule has 6 nitrogen and oxygen atoms in total. The Labute approximate surface area is 154 Å². The predicted molar refractivity (Wildman–Crippen MR) is 103 cm³/mol. The Morgan fingerprint density at radius 3 is 2.54 bits per heavy atom. The number of ether oxygens (including phenoxy) is 1. The highest BCUT2D eigenvalue weighted by atomic mass is 16.5. The van der Waals surface area contributed by atoms with Crippen molar-refractivity contribution in [1.82, 2.24) is 9.97 Å². The third kappa shape index (κ3) is 5.18. The lowest BCUT2D eigenvalue weighted by Gasteiger charge is -2.23. The number of carbonyl (C=O) groups excluding carboxylic acids is 1. The van der Waals surface area contributed by atoms with Crippen molar-refractivity contribution in [1.29, 1.82) is 0 Å². The molecular weight excluding hydrogens is 328 g/mol. The molecule has 0 spiro atoms. The van der Waals surface area contributed by atoms with Crippen molar-refractivity contribution in [2.24, 2.45) is 0 Å². The van der Waals surface area contributed by atoms with Crippen LogP contribution in [0.5, 0.6) is 5.75 Å². The molecule has 3 rings (SSSR count). The molecule has 1 aliphatic rings. The summed E-state index contributed by atoms with van der Waals surface area (Å²) in [7, 11) is 0. The van der Waals surface area contributed by atoms with Crippen LogP contribution in [0.15, 0.2) is 36.7 Å². The standard InChI is InChI=1S/C20H26N4O2/c1-14(2)26-17-10-8-16(9-11-17)24-20(25)18-12-19(22-13-21-18)23-15-6-4-3-5-7-15/h8-15H,3-7H2,1-2H3,(H,24,25)(H,21,22,23). The Morgan fingerprint density at radius 2 is 1.85 bits per heavy atom. The second kappa shape index (κ2) is 8.65. The van der Waals surface area contributed by atoms with Crippen LogP contribution in [0.1, 0.15) is 56.4 Å². The Hall–Kier alpha value is -2.63. The van der Waals surface area contributed by atoms with Crippen LogP contribution in [-0.2, 0) is 0 Å². The van der Waals surface area contributed by atoms with Gasteiger partial charge in [0.05, 0.1) is 6.10 Å². The molecule has 138 valence electrons. The van der Waals surface area contributed by atoms with E-state index in [4.69, 9.17) is 4.74 Å². The second-order valence-electron chi connectivity index (χ2n) is 6.91. The number of rotatable bonds is 6. The van der Waals surface area contributed by atoms with E-state index in [-0.39, 0.29) is 12.0 Å². The van der Waals surface area contributed by atoms with E-state index in [0.29, 0.717) is 23.2 Å². The largest absolute Gasteiger partial charge is 0.491 e. The molecule has 1 heterocycles. The molecule has 1 aliphatic carbocycles. The first-order valence-corrected chi connectivity index (χ1v) is 9.27. The number of carbonyl (C=O) groups is 1. The molecule has 2 N–H and O–H groups in total. The van der Waals surface area contributed by atoms with Gasteiger partial charge in [-0.1, -0.05) is 19.3 Å². The Bertz CT molecular complexity index is 725. The van der Waals surface area contributed by atoms with Gasteiger partial charge in [0.25, 0.3) is 5.91 Å². The van der Waals surface area contributed by atoms with Crippen molar-refractivity contribution in [2.45, 2.75) is 58.1 Å². The maximum absolute atomic E-state index is 12.5. The van der Waals surface area contributed by atoms with Gasteiger partial charge in [-0.2, -0.15) is 0 Å². The van der Waals surface area contributed by atoms with E-state index in [0.717, 1.165) is 18.6 Å². The zero-order chi connectivity index (χ0) is 18.4. The minimum atomic E-state index is -0.253. The lowest BCUT2D eigenvalue weighted by Crippen LogP contribution is -2.23. The Kier molecular flexibility index (Phi) is 6.04. The van der Waals surface area contributed by atoms with E-state index in [9.17, 15) is 4.79 Å². The predicted octanol–water partition coefficient (Wildman–Crippen LogP) is 4.26. The first-order valence-electron chi connectivity index (χ1n) is 9.27. The van der Waals surface area contributed by atoms with Gasteiger partial charge in [-0.25, -0.2) is 9.97 Å². The average molecular weight is 354 g/mol. The van der Waals surface area contributed by atoms with E-state index in [1.165, 1.54) is 25.6 Å². The van der Waals surface area contributed by atoms with Crippen molar-refractivity contribution < 1.29 is 9.53 Å². The molecule has 1 amide bonds. The highest BCUT2D eigenvalue weighted by Gasteiger charge is 2.15. The fourth-order valence-electron chi connectivity index (χ4n) is 3.10. The average Bonchev–Trinajstić information content (AvgIpc) is 2.64. The van der Waals surface area contributed by atoms with Crippen LogP contribution in [0.3, 0.4) is 0 Å². The molecule has 0 aliphatic heterocycles. The summed E-state index contributed by atoms with van der Waals surface area (Å²) in [6.45, 7) is 3.95. The number of anilines is 2. The van der Waals surface area contributed by atoms with Crippen molar-refractivity contribution in [3.8, 4) is 5.75 Å². The van der Waals surface area contributed by atoms with E-state index in [1.54, 1.807) is 6.07 Å². The molecule has 2 aromatic rings. The van der Waals surface area contributed by atoms with Crippen molar-refractivity contribution in [3.63, 3.8) is 0 Å². The van der Waals surface area contributed by atoms with Crippen LogP contribution in [0.25, 0.3) is 0 Å². The molecule has 1 aromatic heterocycles. The van der Waals surface area contributed by atoms with E-state index >= 15 is 0 Å². The SMILES string of the molecule is CC(C)Oc1ccc(NC(=O)c2cc(NC3CCCCC3)ncn2)cc1. The second-order valence-corrected chi connectivity index (χ2v) is 6.91. The molecule has 0 atom stereocenters. The smallest absolute Gasteiger partial charge is 0.274 e. The summed E-state index contributed by atoms with van der Waals surface area (Å²) < 4.78 is 5.61. The zero-order valence-electron chi connectivity index (χ0n) is 15.4. The van der Waals surface area contributed by atoms with Crippen molar-refractivity contribution in [2.75, 3.05) is 10.6 Å². The summed E-state index contributed by atoms with van der Waals surface area (Å²) in [6.07, 6.45) is 7.63. The maximum atomic E-state index is 12.5. The molecule has 0 unspecified atom stereocenters. The van der Waals surface area contributed by atoms with Gasteiger partial charge in [0.1, 0.15) is 23.6 Å². The van der Waals surface area contributed by atoms with Gasteiger partial charge in [-0.05, 0) is 51.0 Å². The van der Waals surface area contributed by atoms with Gasteiger partial charge in [0, 0.05) is 17.8 Å². The first kappa shape index (κ1) is 18.2. The molecule has 6 heteroatoms. The Balaban J connectivity index is 1.61. The van der Waals surface area contributed by atoms with Gasteiger partial charge < -0.3 is 15.4 Å². The van der Waals surface area contributed by atoms with Crippen LogP contribution in [0.4, 0.5) is 11.5 Å². The number of benzene rings is 1. The molecule has 0 saturated heterocycles. The van der Waals surface area contributed by atoms with Gasteiger partial charge in [0.2, 0.25) is 0 Å². The molecule has 0 bridgehead atoms. The van der Waals surface area contributed by atoms with E-state index in [1.807, 2.05) is 38.1 Å². The normalized spacial score (nSPS) is 14.9. The monoisotopic (exact) mass is 354 g/mol. The summed E-state index contributed by atoms with van der Waals surface area (Å²) in [4.78, 5) is 20.8. The molecule has 26 heavy (non-hydrogen) atoms. The maximum Gasteiger partial charge on any atom is 0.274 e. The molecular formula is C20H26N4O2. The number of nitrogens with one attached hydrogen (secondary N) is 2. The third-order valence-electron chi connectivity index (χ3n) is 4.34. The summed E-state index contributed by atoms with van der Waals surface area (Å²) in [5.41, 5.74) is 1.05. The molecule has 0 radical (unpaired) electrons. The highest BCUT2D eigenvalue weighted by Crippen LogP contribution is 2.21. The fourth-order valence-corrected chi connectivity index (χ4v) is 3.10. The van der Waals surface area contributed by atoms with Crippen LogP contribution in [0.2, 0.25) is 0 Å². The van der Waals surface area contributed by atoms with Gasteiger partial charge in [-0.15, -0.1) is 0 Å². The number of nitrogens with zero attached hydrogens (tertiary/aromatic N) is 2. The lowest BCUT2D eigenvalue weighted by molar-refractivity contribution is 0.102. The summed E-state index contributed by atoms with van der Waals surface area (Å²) in [6, 6.07) is 9.45. The van der Waals surface area contributed by atoms with Crippen LogP contribution >= 0.6 is 0 Å². The first-order chi connectivity index (χ1) is 12.6. The summed E-state index contributed by atoms with van der Waals surface area (Å²) in [5, 5.41) is 6.28. The van der Waals surface area contributed by atoms with Gasteiger partial charge in [0.15, 0.2) is 0 Å². The summed E-state index contributed by atoms with van der Waals surface area (Å²) >= 11 is 0. The van der Waals surface area contributed by atoms with Crippen LogP contribution < -0.4 is 15.4 Å². The summed E-state index contributed by atoms with van der Waals surface area (Å²) in [5.74, 6) is 1.23. The van der Waals surface area contributed by atoms with Gasteiger partial charge >= 0.3 is 0 Å². The number of aromatic nitrogens is 2. The molecule has 1 aromatic carbocycles. The van der Waals surface area contributed by atoms with E-state index < -0.39 is 0 Å². The van der Waals surface area contributed by atoms with E-state index in [2.05, 4.69) is 20.6 Å². The molecule has 1 saturated carbocycles. The van der Waals surface area contributed by atoms with Crippen LogP contribution in [-0.4, -0.2) is 28.0 Å². The minimum absolute atomic E-state index is 0.117. The van der Waals surface area contributed by atoms with Crippen LogP contribution in [0, 0.1) is 0 Å². The van der Waals surface area contributed by atoms with Gasteiger partial charge in [-0.3, -0.25) is 4.79 Å². The quantitative estimate of drug-likeness (QED) is 0.810.